The Labute approximate surface area is 249 Å². The van der Waals surface area contributed by atoms with E-state index in [0.717, 1.165) is 37.2 Å². The van der Waals surface area contributed by atoms with Crippen LogP contribution in [0.15, 0.2) is 24.3 Å². The van der Waals surface area contributed by atoms with Crippen molar-refractivity contribution < 1.29 is 57.1 Å². The van der Waals surface area contributed by atoms with Crippen molar-refractivity contribution >= 4 is 0 Å². The zero-order valence-corrected chi connectivity index (χ0v) is 24.4. The minimum absolute atomic E-state index is 0.0516. The van der Waals surface area contributed by atoms with Crippen LogP contribution >= 0.6 is 0 Å². The zero-order valence-electron chi connectivity index (χ0n) is 24.4. The highest BCUT2D eigenvalue weighted by molar-refractivity contribution is 5.26. The molecule has 0 amide bonds. The molecule has 13 heteroatoms. The van der Waals surface area contributed by atoms with Crippen molar-refractivity contribution in [2.24, 2.45) is 17.8 Å². The molecule has 2 fully saturated rings. The van der Waals surface area contributed by atoms with Crippen molar-refractivity contribution in [3.05, 3.63) is 35.4 Å². The Bertz CT molecular complexity index is 1030. The summed E-state index contributed by atoms with van der Waals surface area (Å²) in [6, 6.07) is 5.73. The van der Waals surface area contributed by atoms with E-state index in [-0.39, 0.29) is 11.5 Å². The van der Waals surface area contributed by atoms with Gasteiger partial charge in [-0.3, -0.25) is 0 Å². The lowest BCUT2D eigenvalue weighted by atomic mass is 9.68. The van der Waals surface area contributed by atoms with Gasteiger partial charge in [-0.25, -0.2) is 0 Å². The standard InChI is InChI=1S/C31H39F13/c1-2-3-4-5-20-6-10-22(11-7-20)24-14-16-25(17-15-24)23-12-8-21(9-13-23)18-19-26(32,33)27(34,35)28(36,37)29(38,39)30(40,41)31(42,43)44/h8-9,12-13,20,22,24-25H,2-7,10-11,14-19H2,1H3/t20-,22-,24-,25-. The predicted octanol–water partition coefficient (Wildman–Crippen LogP) is 12.0. The molecule has 0 heterocycles. The van der Waals surface area contributed by atoms with Gasteiger partial charge in [-0.2, -0.15) is 57.1 Å². The molecule has 3 rings (SSSR count). The molecule has 2 aliphatic rings. The molecule has 0 N–H and O–H groups in total. The fourth-order valence-electron chi connectivity index (χ4n) is 6.77. The summed E-state index contributed by atoms with van der Waals surface area (Å²) in [7, 11) is 0. The second kappa shape index (κ2) is 13.6. The maximum Gasteiger partial charge on any atom is 0.460 e. The third-order valence-electron chi connectivity index (χ3n) is 9.72. The van der Waals surface area contributed by atoms with Crippen LogP contribution in [0.4, 0.5) is 57.1 Å². The number of alkyl halides is 13. The molecule has 0 unspecified atom stereocenters. The Kier molecular flexibility index (Phi) is 11.3. The molecular formula is C31H39F13. The fourth-order valence-corrected chi connectivity index (χ4v) is 6.77. The number of benzene rings is 1. The van der Waals surface area contributed by atoms with E-state index >= 15 is 0 Å². The first-order valence-electron chi connectivity index (χ1n) is 15.2. The van der Waals surface area contributed by atoms with Gasteiger partial charge in [0.1, 0.15) is 0 Å². The Morgan fingerprint density at radius 1 is 0.568 bits per heavy atom. The van der Waals surface area contributed by atoms with E-state index < -0.39 is 48.6 Å². The van der Waals surface area contributed by atoms with Crippen LogP contribution in [-0.4, -0.2) is 35.8 Å². The lowest BCUT2D eigenvalue weighted by Crippen LogP contribution is -2.70. The average molecular weight is 659 g/mol. The molecule has 0 nitrogen and oxygen atoms in total. The molecule has 0 aromatic heterocycles. The number of aryl methyl sites for hydroxylation is 1. The summed E-state index contributed by atoms with van der Waals surface area (Å²) in [4.78, 5) is 0. The van der Waals surface area contributed by atoms with E-state index in [1.54, 1.807) is 12.1 Å². The molecular weight excluding hydrogens is 619 g/mol. The molecule has 2 aliphatic carbocycles. The third-order valence-corrected chi connectivity index (χ3v) is 9.72. The molecule has 2 saturated carbocycles. The van der Waals surface area contributed by atoms with Crippen LogP contribution in [0.5, 0.6) is 0 Å². The zero-order chi connectivity index (χ0) is 33.2. The Hall–Kier alpha value is -1.69. The van der Waals surface area contributed by atoms with E-state index in [9.17, 15) is 57.1 Å². The van der Waals surface area contributed by atoms with Gasteiger partial charge in [-0.1, -0.05) is 69.7 Å². The molecule has 1 aromatic carbocycles. The summed E-state index contributed by atoms with van der Waals surface area (Å²) < 4.78 is 173. The first-order chi connectivity index (χ1) is 20.2. The monoisotopic (exact) mass is 658 g/mol. The SMILES string of the molecule is CCCCC[C@H]1CC[C@H]([C@H]2CC[C@H](c3ccc(CCC(F)(F)C(F)(F)C(F)(F)C(F)(F)C(F)(F)C(F)(F)F)cc3)CC2)CC1. The predicted molar refractivity (Wildman–Crippen MR) is 140 cm³/mol. The van der Waals surface area contributed by atoms with Crippen LogP contribution in [0.25, 0.3) is 0 Å². The van der Waals surface area contributed by atoms with Gasteiger partial charge in [0.05, 0.1) is 0 Å². The Morgan fingerprint density at radius 3 is 1.52 bits per heavy atom. The topological polar surface area (TPSA) is 0 Å². The highest BCUT2D eigenvalue weighted by atomic mass is 19.4. The molecule has 0 atom stereocenters. The number of hydrogen-bond donors (Lipinski definition) is 0. The minimum Gasteiger partial charge on any atom is -0.200 e. The molecule has 0 aliphatic heterocycles. The van der Waals surface area contributed by atoms with E-state index in [1.807, 2.05) is 0 Å². The molecule has 1 aromatic rings. The van der Waals surface area contributed by atoms with E-state index in [4.69, 9.17) is 0 Å². The highest BCUT2D eigenvalue weighted by Crippen LogP contribution is 2.60. The van der Waals surface area contributed by atoms with Crippen LogP contribution in [0, 0.1) is 17.8 Å². The summed E-state index contributed by atoms with van der Waals surface area (Å²) in [6.45, 7) is 2.19. The van der Waals surface area contributed by atoms with Crippen molar-refractivity contribution in [1.29, 1.82) is 0 Å². The molecule has 0 radical (unpaired) electrons. The van der Waals surface area contributed by atoms with E-state index in [0.29, 0.717) is 11.8 Å². The molecule has 0 bridgehead atoms. The van der Waals surface area contributed by atoms with Gasteiger partial charge in [-0.05, 0) is 79.7 Å². The number of unbranched alkanes of at least 4 members (excludes halogenated alkanes) is 2. The molecule has 44 heavy (non-hydrogen) atoms. The molecule has 0 saturated heterocycles. The Morgan fingerprint density at radius 2 is 1.05 bits per heavy atom. The molecule has 254 valence electrons. The summed E-state index contributed by atoms with van der Waals surface area (Å²) >= 11 is 0. The largest absolute Gasteiger partial charge is 0.460 e. The van der Waals surface area contributed by atoms with Crippen molar-refractivity contribution in [2.45, 2.75) is 139 Å². The summed E-state index contributed by atoms with van der Waals surface area (Å²) in [6.07, 6.45) is 3.28. The van der Waals surface area contributed by atoms with Gasteiger partial charge in [0.25, 0.3) is 0 Å². The maximum atomic E-state index is 14.2. The second-order valence-corrected chi connectivity index (χ2v) is 12.6. The smallest absolute Gasteiger partial charge is 0.200 e. The number of hydrogen-bond acceptors (Lipinski definition) is 0. The van der Waals surface area contributed by atoms with Crippen LogP contribution in [0.2, 0.25) is 0 Å². The van der Waals surface area contributed by atoms with Crippen molar-refractivity contribution in [3.8, 4) is 0 Å². The van der Waals surface area contributed by atoms with E-state index in [1.165, 1.54) is 63.5 Å². The van der Waals surface area contributed by atoms with Crippen LogP contribution < -0.4 is 0 Å². The first-order valence-corrected chi connectivity index (χ1v) is 15.2. The van der Waals surface area contributed by atoms with Gasteiger partial charge in [0.2, 0.25) is 0 Å². The van der Waals surface area contributed by atoms with Gasteiger partial charge in [0.15, 0.2) is 0 Å². The summed E-state index contributed by atoms with van der Waals surface area (Å²) in [5.74, 6) is -34.3. The normalized spacial score (nSPS) is 24.9. The Balaban J connectivity index is 1.55. The van der Waals surface area contributed by atoms with Gasteiger partial charge in [-0.15, -0.1) is 0 Å². The van der Waals surface area contributed by atoms with E-state index in [2.05, 4.69) is 6.92 Å². The fraction of sp³-hybridized carbons (Fsp3) is 0.806. The van der Waals surface area contributed by atoms with Crippen molar-refractivity contribution in [1.82, 2.24) is 0 Å². The lowest BCUT2D eigenvalue weighted by molar-refractivity contribution is -0.440. The maximum absolute atomic E-state index is 14.2. The lowest BCUT2D eigenvalue weighted by Gasteiger charge is -2.39. The van der Waals surface area contributed by atoms with Crippen LogP contribution in [0.1, 0.15) is 107 Å². The van der Waals surface area contributed by atoms with Crippen molar-refractivity contribution in [2.75, 3.05) is 0 Å². The highest BCUT2D eigenvalue weighted by Gasteiger charge is 2.90. The van der Waals surface area contributed by atoms with Gasteiger partial charge >= 0.3 is 35.8 Å². The van der Waals surface area contributed by atoms with Crippen molar-refractivity contribution in [3.63, 3.8) is 0 Å². The minimum atomic E-state index is -7.86. The van der Waals surface area contributed by atoms with Crippen LogP contribution in [0.3, 0.4) is 0 Å². The summed E-state index contributed by atoms with van der Waals surface area (Å²) in [5, 5.41) is 0. The quantitative estimate of drug-likeness (QED) is 0.146. The molecule has 0 spiro atoms. The van der Waals surface area contributed by atoms with Crippen LogP contribution in [-0.2, 0) is 6.42 Å². The first kappa shape index (κ1) is 36.8. The number of halogens is 13. The average Bonchev–Trinajstić information content (AvgIpc) is 2.96. The van der Waals surface area contributed by atoms with Gasteiger partial charge < -0.3 is 0 Å². The third kappa shape index (κ3) is 7.31. The summed E-state index contributed by atoms with van der Waals surface area (Å²) in [5.41, 5.74) is 0.814. The second-order valence-electron chi connectivity index (χ2n) is 12.6. The van der Waals surface area contributed by atoms with Gasteiger partial charge in [0, 0.05) is 6.42 Å². The number of rotatable bonds is 13.